The molecule has 1 aromatic rings. The second-order valence-corrected chi connectivity index (χ2v) is 1.83. The molecule has 4 heteroatoms. The van der Waals surface area contributed by atoms with Crippen LogP contribution in [0.1, 0.15) is 10.4 Å². The first kappa shape index (κ1) is 6.54. The molecule has 4 nitrogen and oxygen atoms in total. The lowest BCUT2D eigenvalue weighted by molar-refractivity contribution is 0.100. The average Bonchev–Trinajstić information content (AvgIpc) is 1.88. The van der Waals surface area contributed by atoms with Gasteiger partial charge in [-0.25, -0.2) is 0 Å². The molecule has 0 unspecified atom stereocenters. The van der Waals surface area contributed by atoms with Gasteiger partial charge < -0.3 is 11.5 Å². The van der Waals surface area contributed by atoms with Crippen LogP contribution in [0.5, 0.6) is 0 Å². The summed E-state index contributed by atoms with van der Waals surface area (Å²) in [5, 5.41) is 0. The van der Waals surface area contributed by atoms with Crippen molar-refractivity contribution < 1.29 is 4.79 Å². The monoisotopic (exact) mass is 137 g/mol. The zero-order valence-electron chi connectivity index (χ0n) is 5.24. The number of primary amides is 1. The van der Waals surface area contributed by atoms with E-state index in [-0.39, 0.29) is 5.56 Å². The molecule has 1 aromatic heterocycles. The third-order valence-corrected chi connectivity index (χ3v) is 1.12. The van der Waals surface area contributed by atoms with Gasteiger partial charge >= 0.3 is 0 Å². The zero-order chi connectivity index (χ0) is 7.56. The third kappa shape index (κ3) is 1.05. The molecule has 0 radical (unpaired) electrons. The Labute approximate surface area is 57.9 Å². The van der Waals surface area contributed by atoms with Crippen LogP contribution in [-0.4, -0.2) is 10.9 Å². The van der Waals surface area contributed by atoms with Crippen molar-refractivity contribution in [1.29, 1.82) is 0 Å². The van der Waals surface area contributed by atoms with Crippen LogP contribution in [0.4, 0.5) is 5.69 Å². The molecule has 0 bridgehead atoms. The minimum Gasteiger partial charge on any atom is -0.398 e. The van der Waals surface area contributed by atoms with Gasteiger partial charge in [0.05, 0.1) is 5.56 Å². The van der Waals surface area contributed by atoms with Crippen molar-refractivity contribution in [1.82, 2.24) is 4.98 Å². The number of carbonyl (C=O) groups is 1. The van der Waals surface area contributed by atoms with Crippen LogP contribution in [-0.2, 0) is 0 Å². The van der Waals surface area contributed by atoms with Gasteiger partial charge in [0, 0.05) is 18.1 Å². The summed E-state index contributed by atoms with van der Waals surface area (Å²) in [7, 11) is 0. The average molecular weight is 137 g/mol. The molecule has 10 heavy (non-hydrogen) atoms. The largest absolute Gasteiger partial charge is 0.398 e. The first-order valence-corrected chi connectivity index (χ1v) is 2.71. The Morgan fingerprint density at radius 3 is 2.70 bits per heavy atom. The van der Waals surface area contributed by atoms with Gasteiger partial charge in [-0.3, -0.25) is 9.78 Å². The van der Waals surface area contributed by atoms with Gasteiger partial charge in [-0.2, -0.15) is 0 Å². The first-order chi connectivity index (χ1) is 4.72. The minimum atomic E-state index is -0.550. The second kappa shape index (κ2) is 2.34. The van der Waals surface area contributed by atoms with E-state index >= 15 is 0 Å². The number of amides is 1. The molecule has 0 fully saturated rings. The van der Waals surface area contributed by atoms with Crippen LogP contribution in [0.15, 0.2) is 18.5 Å². The van der Waals surface area contributed by atoms with E-state index in [1.165, 1.54) is 18.5 Å². The summed E-state index contributed by atoms with van der Waals surface area (Å²) in [6, 6.07) is 1.53. The molecule has 1 heterocycles. The fraction of sp³-hybridized carbons (Fsp3) is 0. The number of anilines is 1. The van der Waals surface area contributed by atoms with E-state index in [4.69, 9.17) is 11.5 Å². The maximum absolute atomic E-state index is 10.5. The maximum atomic E-state index is 10.5. The molecule has 0 aliphatic carbocycles. The number of carbonyl (C=O) groups excluding carboxylic acids is 1. The molecule has 0 atom stereocenters. The van der Waals surface area contributed by atoms with E-state index in [0.29, 0.717) is 5.69 Å². The van der Waals surface area contributed by atoms with Crippen molar-refractivity contribution in [3.05, 3.63) is 24.0 Å². The predicted octanol–water partition coefficient (Wildman–Crippen LogP) is -0.237. The van der Waals surface area contributed by atoms with Crippen LogP contribution in [0.25, 0.3) is 0 Å². The molecular formula is C6H7N3O. The number of hydrogen-bond acceptors (Lipinski definition) is 3. The maximum Gasteiger partial charge on any atom is 0.252 e. The number of hydrogen-bond donors (Lipinski definition) is 2. The second-order valence-electron chi connectivity index (χ2n) is 1.83. The summed E-state index contributed by atoms with van der Waals surface area (Å²) in [6.45, 7) is 0. The molecule has 0 aliphatic rings. The molecule has 4 N–H and O–H groups in total. The summed E-state index contributed by atoms with van der Waals surface area (Å²) in [5.41, 5.74) is 11.0. The molecule has 0 spiro atoms. The molecule has 1 rings (SSSR count). The highest BCUT2D eigenvalue weighted by molar-refractivity contribution is 5.97. The Hall–Kier alpha value is -1.58. The van der Waals surface area contributed by atoms with Crippen molar-refractivity contribution in [2.75, 3.05) is 5.73 Å². The van der Waals surface area contributed by atoms with Crippen molar-refractivity contribution >= 4 is 11.6 Å². The summed E-state index contributed by atoms with van der Waals surface area (Å²) in [4.78, 5) is 14.2. The standard InChI is InChI=1S/C6H7N3O/c7-5-1-2-9-3-4(5)6(8)10/h1-3H,(H2,7,9)(H2,8,10). The lowest BCUT2D eigenvalue weighted by Gasteiger charge is -1.96. The van der Waals surface area contributed by atoms with E-state index in [1.54, 1.807) is 0 Å². The molecule has 0 saturated heterocycles. The van der Waals surface area contributed by atoms with E-state index in [9.17, 15) is 4.79 Å². The van der Waals surface area contributed by atoms with Crippen LogP contribution < -0.4 is 11.5 Å². The Balaban J connectivity index is 3.15. The molecule has 0 saturated carbocycles. The van der Waals surface area contributed by atoms with Crippen LogP contribution >= 0.6 is 0 Å². The highest BCUT2D eigenvalue weighted by atomic mass is 16.1. The summed E-state index contributed by atoms with van der Waals surface area (Å²) in [6.07, 6.45) is 2.85. The topological polar surface area (TPSA) is 82.0 Å². The van der Waals surface area contributed by atoms with Crippen molar-refractivity contribution in [3.8, 4) is 0 Å². The SMILES string of the molecule is NC(=O)c1cnccc1N. The summed E-state index contributed by atoms with van der Waals surface area (Å²) in [5.74, 6) is -0.550. The highest BCUT2D eigenvalue weighted by Gasteiger charge is 2.02. The van der Waals surface area contributed by atoms with Crippen LogP contribution in [0.3, 0.4) is 0 Å². The Morgan fingerprint density at radius 1 is 1.60 bits per heavy atom. The van der Waals surface area contributed by atoms with Gasteiger partial charge in [-0.05, 0) is 6.07 Å². The fourth-order valence-corrected chi connectivity index (χ4v) is 0.611. The molecule has 1 amide bonds. The van der Waals surface area contributed by atoms with E-state index in [2.05, 4.69) is 4.98 Å². The van der Waals surface area contributed by atoms with Gasteiger partial charge in [-0.1, -0.05) is 0 Å². The minimum absolute atomic E-state index is 0.266. The number of nitrogens with two attached hydrogens (primary N) is 2. The molecular weight excluding hydrogens is 130 g/mol. The number of pyridine rings is 1. The number of nitrogen functional groups attached to an aromatic ring is 1. The summed E-state index contributed by atoms with van der Waals surface area (Å²) < 4.78 is 0. The van der Waals surface area contributed by atoms with Crippen LogP contribution in [0, 0.1) is 0 Å². The van der Waals surface area contributed by atoms with E-state index in [1.807, 2.05) is 0 Å². The van der Waals surface area contributed by atoms with Gasteiger partial charge in [0.25, 0.3) is 5.91 Å². The van der Waals surface area contributed by atoms with Crippen molar-refractivity contribution in [3.63, 3.8) is 0 Å². The number of aromatic nitrogens is 1. The fourth-order valence-electron chi connectivity index (χ4n) is 0.611. The van der Waals surface area contributed by atoms with Gasteiger partial charge in [0.2, 0.25) is 0 Å². The lowest BCUT2D eigenvalue weighted by atomic mass is 10.2. The molecule has 52 valence electrons. The quantitative estimate of drug-likeness (QED) is 0.560. The Bertz CT molecular complexity index is 259. The summed E-state index contributed by atoms with van der Waals surface area (Å²) >= 11 is 0. The van der Waals surface area contributed by atoms with Crippen molar-refractivity contribution in [2.45, 2.75) is 0 Å². The predicted molar refractivity (Wildman–Crippen MR) is 37.2 cm³/mol. The van der Waals surface area contributed by atoms with Crippen molar-refractivity contribution in [2.24, 2.45) is 5.73 Å². The number of rotatable bonds is 1. The first-order valence-electron chi connectivity index (χ1n) is 2.71. The van der Waals surface area contributed by atoms with Gasteiger partial charge in [0.1, 0.15) is 0 Å². The Morgan fingerprint density at radius 2 is 2.30 bits per heavy atom. The number of nitrogens with zero attached hydrogens (tertiary/aromatic N) is 1. The smallest absolute Gasteiger partial charge is 0.252 e. The Kier molecular flexibility index (Phi) is 1.53. The van der Waals surface area contributed by atoms with Gasteiger partial charge in [0.15, 0.2) is 0 Å². The molecule has 0 aromatic carbocycles. The van der Waals surface area contributed by atoms with E-state index in [0.717, 1.165) is 0 Å². The zero-order valence-corrected chi connectivity index (χ0v) is 5.24. The highest BCUT2D eigenvalue weighted by Crippen LogP contribution is 2.05. The normalized spacial score (nSPS) is 9.20. The van der Waals surface area contributed by atoms with Gasteiger partial charge in [-0.15, -0.1) is 0 Å². The van der Waals surface area contributed by atoms with E-state index < -0.39 is 5.91 Å². The third-order valence-electron chi connectivity index (χ3n) is 1.12. The molecule has 0 aliphatic heterocycles. The lowest BCUT2D eigenvalue weighted by Crippen LogP contribution is -2.13. The van der Waals surface area contributed by atoms with Crippen LogP contribution in [0.2, 0.25) is 0 Å².